The van der Waals surface area contributed by atoms with Crippen LogP contribution in [0.25, 0.3) is 22.6 Å². The van der Waals surface area contributed by atoms with Crippen LogP contribution in [0.1, 0.15) is 39.5 Å². The van der Waals surface area contributed by atoms with Gasteiger partial charge in [-0.3, -0.25) is 0 Å². The Kier molecular flexibility index (Phi) is 8.75. The van der Waals surface area contributed by atoms with E-state index in [9.17, 15) is 0 Å². The van der Waals surface area contributed by atoms with Crippen LogP contribution in [0.2, 0.25) is 0 Å². The Balaban J connectivity index is 1.29. The molecule has 0 aliphatic rings. The van der Waals surface area contributed by atoms with Crippen LogP contribution >= 0.6 is 0 Å². The summed E-state index contributed by atoms with van der Waals surface area (Å²) in [4.78, 5) is 2.24. The highest BCUT2D eigenvalue weighted by Gasteiger charge is 2.14. The molecule has 5 aromatic rings. The average Bonchev–Trinajstić information content (AvgIpc) is 3.50. The fraction of sp³-hybridized carbons (Fsp3) is 0.229. The van der Waals surface area contributed by atoms with E-state index in [1.165, 1.54) is 19.3 Å². The van der Waals surface area contributed by atoms with Gasteiger partial charge >= 0.3 is 0 Å². The number of unbranched alkanes of at least 4 members (excludes halogenated alkanes) is 1. The van der Waals surface area contributed by atoms with Gasteiger partial charge in [-0.25, -0.2) is 0 Å². The summed E-state index contributed by atoms with van der Waals surface area (Å²) >= 11 is 0. The van der Waals surface area contributed by atoms with Crippen molar-refractivity contribution in [3.05, 3.63) is 115 Å². The first-order valence-corrected chi connectivity index (χ1v) is 14.0. The Morgan fingerprint density at radius 3 is 1.90 bits per heavy atom. The maximum absolute atomic E-state index is 6.07. The molecule has 0 fully saturated rings. The molecule has 1 atom stereocenters. The fourth-order valence-corrected chi connectivity index (χ4v) is 4.76. The Bertz CT molecular complexity index is 1370. The number of para-hydroxylation sites is 2. The Morgan fingerprint density at radius 1 is 0.718 bits per heavy atom. The molecule has 0 aliphatic carbocycles. The molecule has 1 heterocycles. The number of benzene rings is 4. The van der Waals surface area contributed by atoms with Gasteiger partial charge in [0.15, 0.2) is 5.76 Å². The van der Waals surface area contributed by atoms with Crippen molar-refractivity contribution in [3.8, 4) is 28.3 Å². The van der Waals surface area contributed by atoms with Crippen LogP contribution < -0.4 is 9.64 Å². The highest BCUT2D eigenvalue weighted by molar-refractivity contribution is 5.78. The molecule has 0 N–H and O–H groups in total. The number of ether oxygens (including phenoxy) is 1. The number of rotatable bonds is 12. The number of anilines is 3. The molecule has 0 radical (unpaired) electrons. The molecule has 0 saturated heterocycles. The molecule has 0 bridgehead atoms. The molecule has 4 nitrogen and oxygen atoms in total. The van der Waals surface area contributed by atoms with Gasteiger partial charge in [0.1, 0.15) is 11.4 Å². The second kappa shape index (κ2) is 13.0. The number of hydrogen-bond acceptors (Lipinski definition) is 4. The predicted octanol–water partition coefficient (Wildman–Crippen LogP) is 10.1. The third kappa shape index (κ3) is 6.58. The largest absolute Gasteiger partial charge is 0.493 e. The van der Waals surface area contributed by atoms with Crippen molar-refractivity contribution < 1.29 is 9.26 Å². The van der Waals surface area contributed by atoms with Crippen molar-refractivity contribution in [1.29, 1.82) is 0 Å². The van der Waals surface area contributed by atoms with E-state index in [1.807, 2.05) is 42.5 Å². The third-order valence-electron chi connectivity index (χ3n) is 7.13. The molecule has 0 amide bonds. The van der Waals surface area contributed by atoms with Crippen molar-refractivity contribution in [2.24, 2.45) is 5.92 Å². The zero-order valence-electron chi connectivity index (χ0n) is 22.8. The number of hydrogen-bond donors (Lipinski definition) is 0. The lowest BCUT2D eigenvalue weighted by Crippen LogP contribution is -2.11. The minimum Gasteiger partial charge on any atom is -0.493 e. The van der Waals surface area contributed by atoms with E-state index in [0.29, 0.717) is 5.92 Å². The summed E-state index contributed by atoms with van der Waals surface area (Å²) in [7, 11) is 0. The van der Waals surface area contributed by atoms with Gasteiger partial charge in [0.25, 0.3) is 0 Å². The SMILES string of the molecule is CCCCC(CC)COc1ccc(-c2cc(-c3ccc(N(c4ccccc4)c4ccccc4)cc3)no2)cc1. The van der Waals surface area contributed by atoms with Gasteiger partial charge in [-0.15, -0.1) is 0 Å². The molecule has 1 unspecified atom stereocenters. The van der Waals surface area contributed by atoms with Crippen molar-refractivity contribution in [2.45, 2.75) is 39.5 Å². The first kappa shape index (κ1) is 26.3. The quantitative estimate of drug-likeness (QED) is 0.165. The van der Waals surface area contributed by atoms with Crippen LogP contribution in [0.15, 0.2) is 120 Å². The lowest BCUT2D eigenvalue weighted by molar-refractivity contribution is 0.233. The highest BCUT2D eigenvalue weighted by atomic mass is 16.5. The van der Waals surface area contributed by atoms with Crippen molar-refractivity contribution >= 4 is 17.1 Å². The molecule has 4 heteroatoms. The minimum atomic E-state index is 0.611. The van der Waals surface area contributed by atoms with Crippen molar-refractivity contribution in [2.75, 3.05) is 11.5 Å². The van der Waals surface area contributed by atoms with E-state index >= 15 is 0 Å². The summed E-state index contributed by atoms with van der Waals surface area (Å²) < 4.78 is 11.8. The summed E-state index contributed by atoms with van der Waals surface area (Å²) in [5.41, 5.74) is 6.10. The van der Waals surface area contributed by atoms with Crippen LogP contribution in [-0.4, -0.2) is 11.8 Å². The molecule has 0 aliphatic heterocycles. The Hall–Kier alpha value is -4.31. The number of aromatic nitrogens is 1. The molecule has 0 saturated carbocycles. The van der Waals surface area contributed by atoms with Crippen LogP contribution in [-0.2, 0) is 0 Å². The van der Waals surface area contributed by atoms with Gasteiger partial charge in [-0.1, -0.05) is 86.8 Å². The maximum Gasteiger partial charge on any atom is 0.167 e. The number of nitrogens with zero attached hydrogens (tertiary/aromatic N) is 2. The van der Waals surface area contributed by atoms with Gasteiger partial charge in [-0.05, 0) is 73.0 Å². The predicted molar refractivity (Wildman–Crippen MR) is 161 cm³/mol. The maximum atomic E-state index is 6.07. The van der Waals surface area contributed by atoms with Gasteiger partial charge in [0.2, 0.25) is 0 Å². The van der Waals surface area contributed by atoms with Gasteiger partial charge < -0.3 is 14.2 Å². The summed E-state index contributed by atoms with van der Waals surface area (Å²) in [6.45, 7) is 5.25. The zero-order chi connectivity index (χ0) is 26.9. The van der Waals surface area contributed by atoms with Crippen LogP contribution in [0.5, 0.6) is 5.75 Å². The lowest BCUT2D eigenvalue weighted by Gasteiger charge is -2.25. The van der Waals surface area contributed by atoms with Gasteiger partial charge in [0, 0.05) is 34.3 Å². The molecule has 39 heavy (non-hydrogen) atoms. The second-order valence-electron chi connectivity index (χ2n) is 9.88. The molecule has 1 aromatic heterocycles. The van der Waals surface area contributed by atoms with Crippen LogP contribution in [0.4, 0.5) is 17.1 Å². The van der Waals surface area contributed by atoms with E-state index in [0.717, 1.165) is 58.4 Å². The highest BCUT2D eigenvalue weighted by Crippen LogP contribution is 2.35. The summed E-state index contributed by atoms with van der Waals surface area (Å²) in [5, 5.41) is 4.36. The van der Waals surface area contributed by atoms with Gasteiger partial charge in [0.05, 0.1) is 6.61 Å². The fourth-order valence-electron chi connectivity index (χ4n) is 4.76. The Morgan fingerprint density at radius 2 is 1.31 bits per heavy atom. The van der Waals surface area contributed by atoms with Crippen LogP contribution in [0.3, 0.4) is 0 Å². The summed E-state index contributed by atoms with van der Waals surface area (Å²) in [6, 6.07) is 39.3. The molecule has 4 aromatic carbocycles. The average molecular weight is 517 g/mol. The van der Waals surface area contributed by atoms with Crippen molar-refractivity contribution in [3.63, 3.8) is 0 Å². The van der Waals surface area contributed by atoms with Crippen molar-refractivity contribution in [1.82, 2.24) is 5.16 Å². The van der Waals surface area contributed by atoms with E-state index in [4.69, 9.17) is 9.26 Å². The standard InChI is InChI=1S/C35H36N2O2/c1-3-5-12-27(4-2)26-38-33-23-19-29(20-24-33)35-25-34(36-39-35)28-17-21-32(22-18-28)37(30-13-8-6-9-14-30)31-15-10-7-11-16-31/h6-11,13-25,27H,3-5,12,26H2,1-2H3. The summed E-state index contributed by atoms with van der Waals surface area (Å²) in [5.74, 6) is 2.25. The van der Waals surface area contributed by atoms with E-state index in [-0.39, 0.29) is 0 Å². The second-order valence-corrected chi connectivity index (χ2v) is 9.88. The minimum absolute atomic E-state index is 0.611. The van der Waals surface area contributed by atoms with E-state index in [2.05, 4.69) is 96.7 Å². The normalized spacial score (nSPS) is 11.7. The smallest absolute Gasteiger partial charge is 0.167 e. The van der Waals surface area contributed by atoms with E-state index < -0.39 is 0 Å². The van der Waals surface area contributed by atoms with Gasteiger partial charge in [-0.2, -0.15) is 0 Å². The molecular weight excluding hydrogens is 480 g/mol. The molecule has 0 spiro atoms. The topological polar surface area (TPSA) is 38.5 Å². The monoisotopic (exact) mass is 516 g/mol. The zero-order valence-corrected chi connectivity index (χ0v) is 22.8. The molecule has 198 valence electrons. The first-order valence-electron chi connectivity index (χ1n) is 14.0. The third-order valence-corrected chi connectivity index (χ3v) is 7.13. The molecular formula is C35H36N2O2. The van der Waals surface area contributed by atoms with Crippen LogP contribution in [0, 0.1) is 5.92 Å². The van der Waals surface area contributed by atoms with E-state index in [1.54, 1.807) is 0 Å². The molecule has 5 rings (SSSR count). The Labute approximate surface area is 231 Å². The first-order chi connectivity index (χ1) is 19.2. The lowest BCUT2D eigenvalue weighted by atomic mass is 10.0. The summed E-state index contributed by atoms with van der Waals surface area (Å²) in [6.07, 6.45) is 4.86.